The summed E-state index contributed by atoms with van der Waals surface area (Å²) in [4.78, 5) is 32.9. The molecule has 3 saturated heterocycles. The SMILES string of the molecule is O=C(NCCCN1CCN(c2ccccc2F)CC1)C1C2C=CC3(CN(Cc4ccccc4Cl)C(=O)C13)O2. The van der Waals surface area contributed by atoms with Gasteiger partial charge >= 0.3 is 0 Å². The molecule has 2 aromatic carbocycles. The van der Waals surface area contributed by atoms with Crippen molar-refractivity contribution in [1.29, 1.82) is 0 Å². The molecular formula is C29H32ClFN4O3. The fourth-order valence-corrected chi connectivity index (χ4v) is 6.59. The summed E-state index contributed by atoms with van der Waals surface area (Å²) in [6, 6.07) is 14.4. The van der Waals surface area contributed by atoms with Crippen LogP contribution in [0.1, 0.15) is 12.0 Å². The lowest BCUT2D eigenvalue weighted by Gasteiger charge is -2.36. The first-order chi connectivity index (χ1) is 18.4. The number of amides is 2. The number of halogens is 2. The smallest absolute Gasteiger partial charge is 0.230 e. The second-order valence-corrected chi connectivity index (χ2v) is 11.0. The number of rotatable bonds is 8. The Hall–Kier alpha value is -2.94. The molecule has 2 bridgehead atoms. The van der Waals surface area contributed by atoms with Crippen molar-refractivity contribution in [2.75, 3.05) is 50.7 Å². The molecule has 1 spiro atoms. The number of anilines is 1. The number of hydrogen-bond acceptors (Lipinski definition) is 5. The summed E-state index contributed by atoms with van der Waals surface area (Å²) in [7, 11) is 0. The van der Waals surface area contributed by atoms with E-state index in [1.54, 1.807) is 11.0 Å². The predicted molar refractivity (Wildman–Crippen MR) is 143 cm³/mol. The minimum atomic E-state index is -0.733. The summed E-state index contributed by atoms with van der Waals surface area (Å²) in [6.45, 7) is 5.48. The van der Waals surface area contributed by atoms with E-state index in [0.29, 0.717) is 30.3 Å². The first-order valence-corrected chi connectivity index (χ1v) is 13.7. The standard InChI is InChI=1S/C29H32ClFN4O3/c30-21-7-2-1-6-20(21)18-35-19-29-11-10-24(38-29)25(26(29)28(35)37)27(36)32-12-5-13-33-14-16-34(17-15-33)23-9-4-3-8-22(23)31/h1-4,6-11,24-26H,5,12-19H2,(H,32,36). The summed E-state index contributed by atoms with van der Waals surface area (Å²) in [6.07, 6.45) is 4.35. The lowest BCUT2D eigenvalue weighted by Crippen LogP contribution is -2.47. The highest BCUT2D eigenvalue weighted by molar-refractivity contribution is 6.31. The topological polar surface area (TPSA) is 65.1 Å². The van der Waals surface area contributed by atoms with Crippen molar-refractivity contribution in [1.82, 2.24) is 15.1 Å². The van der Waals surface area contributed by atoms with Crippen molar-refractivity contribution in [3.63, 3.8) is 0 Å². The van der Waals surface area contributed by atoms with Gasteiger partial charge in [0, 0.05) is 44.3 Å². The molecule has 6 rings (SSSR count). The van der Waals surface area contributed by atoms with Crippen LogP contribution in [-0.4, -0.2) is 79.1 Å². The van der Waals surface area contributed by atoms with Gasteiger partial charge in [-0.3, -0.25) is 14.5 Å². The van der Waals surface area contributed by atoms with E-state index in [1.807, 2.05) is 48.6 Å². The van der Waals surface area contributed by atoms with E-state index in [1.165, 1.54) is 6.07 Å². The number of carbonyl (C=O) groups excluding carboxylic acids is 2. The van der Waals surface area contributed by atoms with Gasteiger partial charge in [-0.25, -0.2) is 4.39 Å². The number of fused-ring (bicyclic) bond motifs is 1. The first kappa shape index (κ1) is 25.3. The molecular weight excluding hydrogens is 507 g/mol. The molecule has 0 aromatic heterocycles. The maximum atomic E-state index is 14.1. The molecule has 200 valence electrons. The molecule has 0 aliphatic carbocycles. The molecule has 3 fully saturated rings. The molecule has 4 aliphatic heterocycles. The predicted octanol–water partition coefficient (Wildman–Crippen LogP) is 3.09. The molecule has 9 heteroatoms. The van der Waals surface area contributed by atoms with Crippen LogP contribution in [0.25, 0.3) is 0 Å². The molecule has 2 aromatic rings. The highest BCUT2D eigenvalue weighted by Crippen LogP contribution is 2.52. The van der Waals surface area contributed by atoms with E-state index in [9.17, 15) is 14.0 Å². The fraction of sp³-hybridized carbons (Fsp3) is 0.448. The average molecular weight is 539 g/mol. The number of likely N-dealkylation sites (tertiary alicyclic amines) is 1. The van der Waals surface area contributed by atoms with Gasteiger partial charge in [0.2, 0.25) is 11.8 Å². The Balaban J connectivity index is 0.994. The Kier molecular flexibility index (Phi) is 6.88. The zero-order chi connectivity index (χ0) is 26.3. The molecule has 4 aliphatic rings. The largest absolute Gasteiger partial charge is 0.367 e. The first-order valence-electron chi connectivity index (χ1n) is 13.3. The van der Waals surface area contributed by atoms with E-state index >= 15 is 0 Å². The van der Waals surface area contributed by atoms with Crippen LogP contribution in [0, 0.1) is 17.7 Å². The van der Waals surface area contributed by atoms with Crippen LogP contribution in [0.3, 0.4) is 0 Å². The third-order valence-electron chi connectivity index (χ3n) is 8.32. The molecule has 4 unspecified atom stereocenters. The van der Waals surface area contributed by atoms with Crippen molar-refractivity contribution in [3.8, 4) is 0 Å². The summed E-state index contributed by atoms with van der Waals surface area (Å²) in [5, 5.41) is 3.69. The summed E-state index contributed by atoms with van der Waals surface area (Å²) in [5.74, 6) is -1.38. The summed E-state index contributed by atoms with van der Waals surface area (Å²) < 4.78 is 20.3. The van der Waals surface area contributed by atoms with Crippen molar-refractivity contribution < 1.29 is 18.7 Å². The molecule has 4 atom stereocenters. The Morgan fingerprint density at radius 3 is 2.66 bits per heavy atom. The Bertz CT molecular complexity index is 1250. The number of piperazine rings is 1. The lowest BCUT2D eigenvalue weighted by atomic mass is 9.77. The number of nitrogens with zero attached hydrogens (tertiary/aromatic N) is 3. The summed E-state index contributed by atoms with van der Waals surface area (Å²) in [5.41, 5.74) is 0.808. The molecule has 0 saturated carbocycles. The van der Waals surface area contributed by atoms with Crippen LogP contribution >= 0.6 is 11.6 Å². The van der Waals surface area contributed by atoms with E-state index in [2.05, 4.69) is 15.1 Å². The van der Waals surface area contributed by atoms with E-state index < -0.39 is 17.4 Å². The van der Waals surface area contributed by atoms with Gasteiger partial charge < -0.3 is 19.9 Å². The van der Waals surface area contributed by atoms with E-state index in [4.69, 9.17) is 16.3 Å². The minimum absolute atomic E-state index is 0.0513. The Morgan fingerprint density at radius 2 is 1.87 bits per heavy atom. The van der Waals surface area contributed by atoms with Crippen LogP contribution in [0.15, 0.2) is 60.7 Å². The number of benzene rings is 2. The van der Waals surface area contributed by atoms with Gasteiger partial charge in [-0.1, -0.05) is 54.1 Å². The van der Waals surface area contributed by atoms with E-state index in [0.717, 1.165) is 44.7 Å². The van der Waals surface area contributed by atoms with Crippen LogP contribution in [-0.2, 0) is 20.9 Å². The van der Waals surface area contributed by atoms with Gasteiger partial charge in [0.05, 0.1) is 30.2 Å². The van der Waals surface area contributed by atoms with Crippen molar-refractivity contribution in [2.45, 2.75) is 24.7 Å². The van der Waals surface area contributed by atoms with Crippen molar-refractivity contribution in [2.24, 2.45) is 11.8 Å². The molecule has 4 heterocycles. The van der Waals surface area contributed by atoms with Gasteiger partial charge in [0.15, 0.2) is 0 Å². The van der Waals surface area contributed by atoms with E-state index in [-0.39, 0.29) is 23.7 Å². The quantitative estimate of drug-likeness (QED) is 0.413. The zero-order valence-corrected chi connectivity index (χ0v) is 21.9. The van der Waals surface area contributed by atoms with Crippen LogP contribution in [0.4, 0.5) is 10.1 Å². The number of para-hydroxylation sites is 1. The zero-order valence-electron chi connectivity index (χ0n) is 21.2. The Morgan fingerprint density at radius 1 is 1.11 bits per heavy atom. The summed E-state index contributed by atoms with van der Waals surface area (Å²) >= 11 is 6.33. The number of ether oxygens (including phenoxy) is 1. The van der Waals surface area contributed by atoms with Gasteiger partial charge in [-0.2, -0.15) is 0 Å². The molecule has 1 N–H and O–H groups in total. The van der Waals surface area contributed by atoms with Gasteiger partial charge in [0.1, 0.15) is 11.4 Å². The number of nitrogens with one attached hydrogen (secondary N) is 1. The molecule has 0 radical (unpaired) electrons. The normalized spacial score (nSPS) is 28.3. The van der Waals surface area contributed by atoms with Crippen LogP contribution in [0.2, 0.25) is 5.02 Å². The lowest BCUT2D eigenvalue weighted by molar-refractivity contribution is -0.137. The third-order valence-corrected chi connectivity index (χ3v) is 8.69. The second kappa shape index (κ2) is 10.3. The Labute approximate surface area is 227 Å². The molecule has 2 amide bonds. The van der Waals surface area contributed by atoms with Crippen LogP contribution in [0.5, 0.6) is 0 Å². The second-order valence-electron chi connectivity index (χ2n) is 10.6. The maximum absolute atomic E-state index is 14.1. The van der Waals surface area contributed by atoms with Crippen molar-refractivity contribution >= 4 is 29.1 Å². The average Bonchev–Trinajstić information content (AvgIpc) is 3.56. The van der Waals surface area contributed by atoms with Gasteiger partial charge in [-0.15, -0.1) is 0 Å². The van der Waals surface area contributed by atoms with Crippen molar-refractivity contribution in [3.05, 3.63) is 77.1 Å². The third kappa shape index (κ3) is 4.59. The fourth-order valence-electron chi connectivity index (χ4n) is 6.40. The minimum Gasteiger partial charge on any atom is -0.367 e. The maximum Gasteiger partial charge on any atom is 0.230 e. The molecule has 38 heavy (non-hydrogen) atoms. The van der Waals surface area contributed by atoms with Gasteiger partial charge in [-0.05, 0) is 36.7 Å². The monoisotopic (exact) mass is 538 g/mol. The number of hydrogen-bond donors (Lipinski definition) is 1. The highest BCUT2D eigenvalue weighted by atomic mass is 35.5. The molecule has 7 nitrogen and oxygen atoms in total. The highest BCUT2D eigenvalue weighted by Gasteiger charge is 2.66. The van der Waals surface area contributed by atoms with Gasteiger partial charge in [0.25, 0.3) is 0 Å². The number of carbonyl (C=O) groups is 2. The van der Waals surface area contributed by atoms with Crippen LogP contribution < -0.4 is 10.2 Å².